The van der Waals surface area contributed by atoms with Crippen LogP contribution in [0.3, 0.4) is 0 Å². The summed E-state index contributed by atoms with van der Waals surface area (Å²) in [5.41, 5.74) is 2.18. The Labute approximate surface area is 280 Å². The van der Waals surface area contributed by atoms with Crippen molar-refractivity contribution in [1.29, 1.82) is 0 Å². The van der Waals surface area contributed by atoms with Gasteiger partial charge in [0.1, 0.15) is 22.9 Å². The van der Waals surface area contributed by atoms with Crippen LogP contribution in [0.2, 0.25) is 0 Å². The average Bonchev–Trinajstić information content (AvgIpc) is 3.49. The summed E-state index contributed by atoms with van der Waals surface area (Å²) in [6.07, 6.45) is 1.53. The highest BCUT2D eigenvalue weighted by Crippen LogP contribution is 2.30. The predicted molar refractivity (Wildman–Crippen MR) is 187 cm³/mol. The highest BCUT2D eigenvalue weighted by Gasteiger charge is 2.17. The Hall–Kier alpha value is -5.33. The highest BCUT2D eigenvalue weighted by atomic mass is 32.2. The number of anilines is 2. The van der Waals surface area contributed by atoms with Crippen molar-refractivity contribution >= 4 is 67.9 Å². The molecule has 0 saturated heterocycles. The van der Waals surface area contributed by atoms with Crippen LogP contribution in [0.25, 0.3) is 16.3 Å². The number of carbonyl (C=O) groups excluding carboxylic acids is 3. The minimum Gasteiger partial charge on any atom is -0.497 e. The molecule has 5 rings (SSSR count). The molecule has 0 radical (unpaired) electrons. The second kappa shape index (κ2) is 15.8. The van der Waals surface area contributed by atoms with E-state index in [1.807, 2.05) is 31.2 Å². The summed E-state index contributed by atoms with van der Waals surface area (Å²) in [7, 11) is 3.05. The molecule has 0 aliphatic rings. The maximum absolute atomic E-state index is 13.6. The molecule has 0 saturated carbocycles. The summed E-state index contributed by atoms with van der Waals surface area (Å²) < 4.78 is 17.3. The van der Waals surface area contributed by atoms with E-state index in [9.17, 15) is 14.4 Å². The number of amides is 3. The molecule has 0 aliphatic heterocycles. The molecule has 0 atom stereocenters. The molecule has 3 amide bonds. The first-order chi connectivity index (χ1) is 22.8. The number of nitrogens with one attached hydrogen (secondary N) is 3. The summed E-state index contributed by atoms with van der Waals surface area (Å²) >= 11 is 2.69. The summed E-state index contributed by atoms with van der Waals surface area (Å²) in [5, 5.41) is 8.95. The second-order valence-corrected chi connectivity index (χ2v) is 12.0. The van der Waals surface area contributed by atoms with Crippen LogP contribution >= 0.6 is 23.1 Å². The van der Waals surface area contributed by atoms with Gasteiger partial charge in [0.2, 0.25) is 5.91 Å². The van der Waals surface area contributed by atoms with Crippen molar-refractivity contribution in [3.05, 3.63) is 108 Å². The lowest BCUT2D eigenvalue weighted by Crippen LogP contribution is -2.30. The van der Waals surface area contributed by atoms with Crippen molar-refractivity contribution in [1.82, 2.24) is 10.3 Å². The number of hydrogen-bond donors (Lipinski definition) is 3. The average molecular weight is 669 g/mol. The van der Waals surface area contributed by atoms with Gasteiger partial charge in [-0.05, 0) is 79.7 Å². The fourth-order valence-corrected chi connectivity index (χ4v) is 6.10. The third-order valence-corrected chi connectivity index (χ3v) is 8.57. The van der Waals surface area contributed by atoms with Crippen LogP contribution in [-0.4, -0.2) is 49.3 Å². The van der Waals surface area contributed by atoms with Crippen LogP contribution in [0.15, 0.2) is 102 Å². The first-order valence-electron chi connectivity index (χ1n) is 14.5. The lowest BCUT2D eigenvalue weighted by molar-refractivity contribution is -0.114. The van der Waals surface area contributed by atoms with Gasteiger partial charge in [-0.25, -0.2) is 4.98 Å². The zero-order chi connectivity index (χ0) is 33.2. The number of carbonyl (C=O) groups is 3. The largest absolute Gasteiger partial charge is 0.497 e. The fourth-order valence-electron chi connectivity index (χ4n) is 4.43. The quantitative estimate of drug-likeness (QED) is 0.0918. The van der Waals surface area contributed by atoms with E-state index in [-0.39, 0.29) is 17.4 Å². The van der Waals surface area contributed by atoms with Crippen molar-refractivity contribution < 1.29 is 28.6 Å². The molecule has 47 heavy (non-hydrogen) atoms. The van der Waals surface area contributed by atoms with Gasteiger partial charge in [0, 0.05) is 21.7 Å². The Morgan fingerprint density at radius 1 is 0.872 bits per heavy atom. The van der Waals surface area contributed by atoms with E-state index in [0.29, 0.717) is 40.1 Å². The number of fused-ring (bicyclic) bond motifs is 1. The summed E-state index contributed by atoms with van der Waals surface area (Å²) in [5.74, 6) is 0.710. The molecule has 1 heterocycles. The van der Waals surface area contributed by atoms with E-state index in [2.05, 4.69) is 20.9 Å². The number of hydrogen-bond acceptors (Lipinski definition) is 9. The standard InChI is InChI=1S/C35H32N4O6S2/c1-4-45-26-13-15-28-31(20-26)47-35(38-28)39-32(40)21-46-27-12-8-11-24(19-27)36-34(42)29(37-33(41)22-9-6-5-7-10-22)18-23-17-25(43-2)14-16-30(23)44-3/h5-20H,4,21H2,1-3H3,(H,36,42)(H,37,41)(H,38,39,40)/b29-18+. The highest BCUT2D eigenvalue weighted by molar-refractivity contribution is 8.00. The number of benzene rings is 4. The molecule has 0 fully saturated rings. The predicted octanol–water partition coefficient (Wildman–Crippen LogP) is 6.85. The third kappa shape index (κ3) is 8.90. The number of ether oxygens (including phenoxy) is 3. The third-order valence-electron chi connectivity index (χ3n) is 6.64. The second-order valence-electron chi connectivity index (χ2n) is 9.89. The van der Waals surface area contributed by atoms with Gasteiger partial charge in [-0.1, -0.05) is 35.6 Å². The van der Waals surface area contributed by atoms with Gasteiger partial charge in [-0.3, -0.25) is 14.4 Å². The van der Waals surface area contributed by atoms with E-state index < -0.39 is 11.8 Å². The molecule has 3 N–H and O–H groups in total. The lowest BCUT2D eigenvalue weighted by Gasteiger charge is -2.13. The molecule has 0 aliphatic carbocycles. The molecule has 5 aromatic rings. The van der Waals surface area contributed by atoms with Crippen LogP contribution in [0.4, 0.5) is 10.8 Å². The Kier molecular flexibility index (Phi) is 11.1. The molecule has 10 nitrogen and oxygen atoms in total. The molecule has 4 aromatic carbocycles. The molecular weight excluding hydrogens is 637 g/mol. The molecule has 12 heteroatoms. The number of thiazole rings is 1. The molecule has 240 valence electrons. The Balaban J connectivity index is 1.28. The number of thioether (sulfide) groups is 1. The van der Waals surface area contributed by atoms with Gasteiger partial charge in [0.15, 0.2) is 5.13 Å². The van der Waals surface area contributed by atoms with Crippen molar-refractivity contribution in [2.75, 3.05) is 37.2 Å². The van der Waals surface area contributed by atoms with Crippen LogP contribution < -0.4 is 30.2 Å². The minimum absolute atomic E-state index is 0.00736. The smallest absolute Gasteiger partial charge is 0.272 e. The van der Waals surface area contributed by atoms with Crippen LogP contribution in [0.5, 0.6) is 17.2 Å². The van der Waals surface area contributed by atoms with Gasteiger partial charge in [0.05, 0.1) is 36.8 Å². The van der Waals surface area contributed by atoms with E-state index in [1.165, 1.54) is 43.4 Å². The topological polar surface area (TPSA) is 128 Å². The summed E-state index contributed by atoms with van der Waals surface area (Å²) in [6, 6.07) is 26.5. The van der Waals surface area contributed by atoms with Gasteiger partial charge in [-0.15, -0.1) is 11.8 Å². The fraction of sp³-hybridized carbons (Fsp3) is 0.143. The number of aromatic nitrogens is 1. The zero-order valence-electron chi connectivity index (χ0n) is 25.9. The molecular formula is C35H32N4O6S2. The van der Waals surface area contributed by atoms with Crippen LogP contribution in [0, 0.1) is 0 Å². The van der Waals surface area contributed by atoms with E-state index in [4.69, 9.17) is 14.2 Å². The Morgan fingerprint density at radius 2 is 1.68 bits per heavy atom. The minimum atomic E-state index is -0.553. The maximum Gasteiger partial charge on any atom is 0.272 e. The summed E-state index contributed by atoms with van der Waals surface area (Å²) in [6.45, 7) is 2.49. The van der Waals surface area contributed by atoms with Crippen molar-refractivity contribution in [3.63, 3.8) is 0 Å². The molecule has 1 aromatic heterocycles. The van der Waals surface area contributed by atoms with Crippen molar-refractivity contribution in [2.45, 2.75) is 11.8 Å². The van der Waals surface area contributed by atoms with Crippen molar-refractivity contribution in [3.8, 4) is 17.2 Å². The van der Waals surface area contributed by atoms with E-state index >= 15 is 0 Å². The lowest BCUT2D eigenvalue weighted by atomic mass is 10.1. The molecule has 0 unspecified atom stereocenters. The van der Waals surface area contributed by atoms with Crippen LogP contribution in [0.1, 0.15) is 22.8 Å². The maximum atomic E-state index is 13.6. The van der Waals surface area contributed by atoms with Gasteiger partial charge >= 0.3 is 0 Å². The van der Waals surface area contributed by atoms with Crippen LogP contribution in [-0.2, 0) is 9.59 Å². The zero-order valence-corrected chi connectivity index (χ0v) is 27.5. The monoisotopic (exact) mass is 668 g/mol. The molecule has 0 bridgehead atoms. The van der Waals surface area contributed by atoms with E-state index in [0.717, 1.165) is 20.9 Å². The van der Waals surface area contributed by atoms with Gasteiger partial charge < -0.3 is 30.2 Å². The number of methoxy groups -OCH3 is 2. The number of nitrogens with zero attached hydrogens (tertiary/aromatic N) is 1. The first kappa shape index (κ1) is 33.0. The Bertz CT molecular complexity index is 1930. The number of rotatable bonds is 13. The van der Waals surface area contributed by atoms with Gasteiger partial charge in [0.25, 0.3) is 11.8 Å². The van der Waals surface area contributed by atoms with Gasteiger partial charge in [-0.2, -0.15) is 0 Å². The first-order valence-corrected chi connectivity index (χ1v) is 16.3. The van der Waals surface area contributed by atoms with E-state index in [1.54, 1.807) is 66.7 Å². The Morgan fingerprint density at radius 3 is 2.45 bits per heavy atom. The molecule has 0 spiro atoms. The van der Waals surface area contributed by atoms with Crippen molar-refractivity contribution in [2.24, 2.45) is 0 Å². The normalized spacial score (nSPS) is 11.1. The summed E-state index contributed by atoms with van der Waals surface area (Å²) in [4.78, 5) is 44.7. The SMILES string of the molecule is CCOc1ccc2nc(NC(=O)CSc3cccc(NC(=O)/C(=C\c4cc(OC)ccc4OC)NC(=O)c4ccccc4)c3)sc2c1.